The van der Waals surface area contributed by atoms with E-state index in [2.05, 4.69) is 5.16 Å². The fourth-order valence-corrected chi connectivity index (χ4v) is 2.63. The molecular weight excluding hydrogens is 322 g/mol. The normalized spacial score (nSPS) is 11.2. The van der Waals surface area contributed by atoms with E-state index in [0.29, 0.717) is 19.4 Å². The minimum absolute atomic E-state index is 0.109. The van der Waals surface area contributed by atoms with Crippen molar-refractivity contribution in [3.05, 3.63) is 108 Å². The van der Waals surface area contributed by atoms with Gasteiger partial charge in [-0.1, -0.05) is 96.2 Å². The van der Waals surface area contributed by atoms with Gasteiger partial charge in [0.2, 0.25) is 0 Å². The molecule has 26 heavy (non-hydrogen) atoms. The van der Waals surface area contributed by atoms with Crippen LogP contribution < -0.4 is 0 Å². The maximum atomic E-state index is 12.4. The number of nitrogens with zero attached hydrogens (tertiary/aromatic N) is 1. The van der Waals surface area contributed by atoms with E-state index < -0.39 is 0 Å². The van der Waals surface area contributed by atoms with Crippen LogP contribution in [0.15, 0.2) is 96.2 Å². The molecule has 3 aromatic rings. The van der Waals surface area contributed by atoms with Gasteiger partial charge in [0.1, 0.15) is 6.61 Å². The van der Waals surface area contributed by atoms with E-state index in [-0.39, 0.29) is 5.78 Å². The van der Waals surface area contributed by atoms with Crippen molar-refractivity contribution in [1.82, 2.24) is 0 Å². The summed E-state index contributed by atoms with van der Waals surface area (Å²) in [6, 6.07) is 29.1. The van der Waals surface area contributed by atoms with Gasteiger partial charge >= 0.3 is 0 Å². The van der Waals surface area contributed by atoms with Crippen molar-refractivity contribution < 1.29 is 9.63 Å². The van der Waals surface area contributed by atoms with Crippen molar-refractivity contribution in [1.29, 1.82) is 0 Å². The Kier molecular flexibility index (Phi) is 6.32. The summed E-state index contributed by atoms with van der Waals surface area (Å²) in [6.45, 7) is 0.407. The van der Waals surface area contributed by atoms with Crippen LogP contribution in [0.25, 0.3) is 0 Å². The molecule has 0 bridgehead atoms. The standard InChI is InChI=1S/C23H21NO2/c25-23(21-14-8-3-9-15-21)17-16-22(20-12-6-2-7-13-20)24-26-18-19-10-4-1-5-11-19/h1-15H,16-18H2. The van der Waals surface area contributed by atoms with Gasteiger partial charge in [0.15, 0.2) is 5.78 Å². The van der Waals surface area contributed by atoms with Crippen LogP contribution in [-0.4, -0.2) is 11.5 Å². The minimum atomic E-state index is 0.109. The molecule has 0 aromatic heterocycles. The van der Waals surface area contributed by atoms with E-state index in [9.17, 15) is 4.79 Å². The summed E-state index contributed by atoms with van der Waals surface area (Å²) in [6.07, 6.45) is 0.930. The molecule has 0 amide bonds. The van der Waals surface area contributed by atoms with Crippen LogP contribution in [0, 0.1) is 0 Å². The van der Waals surface area contributed by atoms with E-state index in [1.54, 1.807) is 0 Å². The van der Waals surface area contributed by atoms with Crippen LogP contribution in [0.4, 0.5) is 0 Å². The Morgan fingerprint density at radius 1 is 0.692 bits per heavy atom. The first-order valence-corrected chi connectivity index (χ1v) is 8.69. The van der Waals surface area contributed by atoms with Crippen molar-refractivity contribution in [3.8, 4) is 0 Å². The quantitative estimate of drug-likeness (QED) is 0.317. The zero-order chi connectivity index (χ0) is 18.0. The molecule has 0 heterocycles. The summed E-state index contributed by atoms with van der Waals surface area (Å²) in [5.74, 6) is 0.109. The van der Waals surface area contributed by atoms with E-state index in [4.69, 9.17) is 4.84 Å². The van der Waals surface area contributed by atoms with Crippen LogP contribution in [0.5, 0.6) is 0 Å². The molecule has 0 radical (unpaired) electrons. The van der Waals surface area contributed by atoms with Gasteiger partial charge in [0.25, 0.3) is 0 Å². The van der Waals surface area contributed by atoms with Crippen molar-refractivity contribution >= 4 is 11.5 Å². The average Bonchev–Trinajstić information content (AvgIpc) is 2.72. The van der Waals surface area contributed by atoms with Crippen LogP contribution in [-0.2, 0) is 11.4 Å². The molecule has 3 nitrogen and oxygen atoms in total. The summed E-state index contributed by atoms with van der Waals surface area (Å²) in [5, 5.41) is 4.32. The highest BCUT2D eigenvalue weighted by Crippen LogP contribution is 2.12. The van der Waals surface area contributed by atoms with Crippen molar-refractivity contribution in [2.45, 2.75) is 19.4 Å². The lowest BCUT2D eigenvalue weighted by Gasteiger charge is -2.07. The third-order valence-corrected chi connectivity index (χ3v) is 4.04. The molecule has 0 aliphatic carbocycles. The predicted octanol–water partition coefficient (Wildman–Crippen LogP) is 5.27. The summed E-state index contributed by atoms with van der Waals surface area (Å²) in [7, 11) is 0. The third-order valence-electron chi connectivity index (χ3n) is 4.04. The molecule has 0 aliphatic rings. The number of hydrogen-bond donors (Lipinski definition) is 0. The van der Waals surface area contributed by atoms with Gasteiger partial charge in [0.05, 0.1) is 5.71 Å². The molecule has 0 fully saturated rings. The summed E-state index contributed by atoms with van der Waals surface area (Å²) in [4.78, 5) is 17.9. The Hall–Kier alpha value is -3.20. The first-order valence-electron chi connectivity index (χ1n) is 8.69. The Labute approximate surface area is 153 Å². The summed E-state index contributed by atoms with van der Waals surface area (Å²) >= 11 is 0. The molecule has 0 aliphatic heterocycles. The minimum Gasteiger partial charge on any atom is -0.391 e. The maximum Gasteiger partial charge on any atom is 0.163 e. The summed E-state index contributed by atoms with van der Waals surface area (Å²) in [5.41, 5.74) is 3.54. The van der Waals surface area contributed by atoms with Crippen molar-refractivity contribution in [2.24, 2.45) is 5.16 Å². The number of oxime groups is 1. The molecule has 0 unspecified atom stereocenters. The second-order valence-corrected chi connectivity index (χ2v) is 5.95. The number of rotatable bonds is 8. The fraction of sp³-hybridized carbons (Fsp3) is 0.130. The third kappa shape index (κ3) is 5.15. The van der Waals surface area contributed by atoms with Gasteiger partial charge in [-0.05, 0) is 11.1 Å². The van der Waals surface area contributed by atoms with Gasteiger partial charge in [-0.15, -0.1) is 0 Å². The van der Waals surface area contributed by atoms with E-state index in [1.165, 1.54) is 0 Å². The van der Waals surface area contributed by atoms with Gasteiger partial charge in [-0.3, -0.25) is 4.79 Å². The van der Waals surface area contributed by atoms with Crippen molar-refractivity contribution in [2.75, 3.05) is 0 Å². The SMILES string of the molecule is O=C(CCC(=NOCc1ccccc1)c1ccccc1)c1ccccc1. The molecule has 0 saturated heterocycles. The average molecular weight is 343 g/mol. The molecule has 0 spiro atoms. The number of benzene rings is 3. The Morgan fingerprint density at radius 2 is 1.23 bits per heavy atom. The first-order chi connectivity index (χ1) is 12.8. The Balaban J connectivity index is 1.67. The molecule has 0 saturated carbocycles. The molecule has 130 valence electrons. The molecular formula is C23H21NO2. The number of hydrogen-bond acceptors (Lipinski definition) is 3. The zero-order valence-electron chi connectivity index (χ0n) is 14.5. The fourth-order valence-electron chi connectivity index (χ4n) is 2.63. The number of ketones is 1. The summed E-state index contributed by atoms with van der Waals surface area (Å²) < 4.78 is 0. The highest BCUT2D eigenvalue weighted by Gasteiger charge is 2.10. The molecule has 3 heteroatoms. The number of carbonyl (C=O) groups excluding carboxylic acids is 1. The lowest BCUT2D eigenvalue weighted by Crippen LogP contribution is -2.07. The highest BCUT2D eigenvalue weighted by molar-refractivity contribution is 6.04. The Morgan fingerprint density at radius 3 is 1.85 bits per heavy atom. The second kappa shape index (κ2) is 9.33. The van der Waals surface area contributed by atoms with Crippen LogP contribution in [0.3, 0.4) is 0 Å². The number of Topliss-reactive ketones (excluding diaryl/α,β-unsaturated/α-hetero) is 1. The lowest BCUT2D eigenvalue weighted by atomic mass is 10.0. The maximum absolute atomic E-state index is 12.4. The largest absolute Gasteiger partial charge is 0.391 e. The van der Waals surface area contributed by atoms with Gasteiger partial charge in [-0.25, -0.2) is 0 Å². The zero-order valence-corrected chi connectivity index (χ0v) is 14.5. The molecule has 3 rings (SSSR count). The lowest BCUT2D eigenvalue weighted by molar-refractivity contribution is 0.0983. The molecule has 0 N–H and O–H groups in total. The van der Waals surface area contributed by atoms with Crippen LogP contribution in [0.1, 0.15) is 34.3 Å². The number of carbonyl (C=O) groups is 1. The molecule has 3 aromatic carbocycles. The van der Waals surface area contributed by atoms with Gasteiger partial charge < -0.3 is 4.84 Å². The van der Waals surface area contributed by atoms with Crippen LogP contribution >= 0.6 is 0 Å². The topological polar surface area (TPSA) is 38.7 Å². The van der Waals surface area contributed by atoms with Crippen LogP contribution in [0.2, 0.25) is 0 Å². The van der Waals surface area contributed by atoms with Gasteiger partial charge in [-0.2, -0.15) is 0 Å². The highest BCUT2D eigenvalue weighted by atomic mass is 16.6. The van der Waals surface area contributed by atoms with E-state index >= 15 is 0 Å². The van der Waals surface area contributed by atoms with Gasteiger partial charge in [0, 0.05) is 18.4 Å². The van der Waals surface area contributed by atoms with E-state index in [1.807, 2.05) is 91.0 Å². The van der Waals surface area contributed by atoms with E-state index in [0.717, 1.165) is 22.4 Å². The first kappa shape index (κ1) is 17.6. The Bertz CT molecular complexity index is 843. The smallest absolute Gasteiger partial charge is 0.163 e. The van der Waals surface area contributed by atoms with Crippen molar-refractivity contribution in [3.63, 3.8) is 0 Å². The predicted molar refractivity (Wildman–Crippen MR) is 104 cm³/mol. The monoisotopic (exact) mass is 343 g/mol. The second-order valence-electron chi connectivity index (χ2n) is 5.95. The molecule has 0 atom stereocenters.